The van der Waals surface area contributed by atoms with E-state index in [4.69, 9.17) is 10.5 Å². The van der Waals surface area contributed by atoms with Crippen molar-refractivity contribution in [3.8, 4) is 5.75 Å². The van der Waals surface area contributed by atoms with E-state index >= 15 is 0 Å². The first-order valence-corrected chi connectivity index (χ1v) is 5.35. The van der Waals surface area contributed by atoms with Gasteiger partial charge < -0.3 is 10.5 Å². The Bertz CT molecular complexity index is 450. The molecule has 2 N–H and O–H groups in total. The van der Waals surface area contributed by atoms with Crippen molar-refractivity contribution in [2.75, 3.05) is 0 Å². The van der Waals surface area contributed by atoms with Crippen molar-refractivity contribution < 1.29 is 26.7 Å². The number of halogens is 5. The monoisotopic (exact) mass is 267 g/mol. The maximum absolute atomic E-state index is 13.3. The molecule has 1 saturated carbocycles. The van der Waals surface area contributed by atoms with E-state index in [9.17, 15) is 22.0 Å². The van der Waals surface area contributed by atoms with Crippen molar-refractivity contribution >= 4 is 0 Å². The van der Waals surface area contributed by atoms with Gasteiger partial charge in [0.2, 0.25) is 29.1 Å². The Balaban J connectivity index is 2.33. The second-order valence-corrected chi connectivity index (χ2v) is 4.21. The van der Waals surface area contributed by atoms with Crippen LogP contribution in [0.2, 0.25) is 0 Å². The van der Waals surface area contributed by atoms with E-state index in [1.165, 1.54) is 0 Å². The highest BCUT2D eigenvalue weighted by Gasteiger charge is 2.31. The molecular formula is C11H10F5NO. The highest BCUT2D eigenvalue weighted by Crippen LogP contribution is 2.32. The van der Waals surface area contributed by atoms with Crippen LogP contribution in [0.15, 0.2) is 0 Å². The lowest BCUT2D eigenvalue weighted by atomic mass is 10.2. The summed E-state index contributed by atoms with van der Waals surface area (Å²) in [6.07, 6.45) is 0.688. The minimum Gasteiger partial charge on any atom is -0.484 e. The lowest BCUT2D eigenvalue weighted by Crippen LogP contribution is -2.20. The minimum atomic E-state index is -2.19. The number of nitrogens with two attached hydrogens (primary N) is 1. The van der Waals surface area contributed by atoms with Gasteiger partial charge in [-0.2, -0.15) is 8.78 Å². The van der Waals surface area contributed by atoms with Gasteiger partial charge in [-0.05, 0) is 19.3 Å². The van der Waals surface area contributed by atoms with E-state index < -0.39 is 40.9 Å². The summed E-state index contributed by atoms with van der Waals surface area (Å²) in [5.41, 5.74) is 5.56. The zero-order valence-corrected chi connectivity index (χ0v) is 9.15. The van der Waals surface area contributed by atoms with Crippen molar-refractivity contribution in [1.82, 2.24) is 0 Å². The molecule has 0 aromatic heterocycles. The fraction of sp³-hybridized carbons (Fsp3) is 0.455. The summed E-state index contributed by atoms with van der Waals surface area (Å²) in [6.45, 7) is 0. The first-order chi connectivity index (χ1) is 8.41. The van der Waals surface area contributed by atoms with Crippen molar-refractivity contribution in [3.05, 3.63) is 29.1 Å². The molecule has 100 valence electrons. The maximum Gasteiger partial charge on any atom is 0.207 e. The Labute approximate surface area is 99.5 Å². The molecular weight excluding hydrogens is 257 g/mol. The Kier molecular flexibility index (Phi) is 3.43. The lowest BCUT2D eigenvalue weighted by Gasteiger charge is -2.15. The molecule has 0 amide bonds. The molecule has 2 nitrogen and oxygen atoms in total. The van der Waals surface area contributed by atoms with E-state index in [0.717, 1.165) is 0 Å². The molecule has 1 aromatic rings. The van der Waals surface area contributed by atoms with E-state index in [1.54, 1.807) is 0 Å². The van der Waals surface area contributed by atoms with Crippen molar-refractivity contribution in [2.45, 2.75) is 31.4 Å². The van der Waals surface area contributed by atoms with Gasteiger partial charge in [-0.25, -0.2) is 13.2 Å². The molecule has 2 unspecified atom stereocenters. The molecule has 1 aliphatic carbocycles. The van der Waals surface area contributed by atoms with Gasteiger partial charge in [0.05, 0.1) is 0 Å². The molecule has 1 fully saturated rings. The van der Waals surface area contributed by atoms with Gasteiger partial charge >= 0.3 is 0 Å². The number of hydrogen-bond acceptors (Lipinski definition) is 2. The molecule has 18 heavy (non-hydrogen) atoms. The molecule has 0 aliphatic heterocycles. The molecule has 0 saturated heterocycles. The van der Waals surface area contributed by atoms with Gasteiger partial charge in [0, 0.05) is 6.04 Å². The summed E-state index contributed by atoms with van der Waals surface area (Å²) in [4.78, 5) is 0. The summed E-state index contributed by atoms with van der Waals surface area (Å²) in [7, 11) is 0. The van der Waals surface area contributed by atoms with Crippen LogP contribution in [0.5, 0.6) is 5.75 Å². The average molecular weight is 267 g/mol. The van der Waals surface area contributed by atoms with Crippen LogP contribution in [0.25, 0.3) is 0 Å². The lowest BCUT2D eigenvalue weighted by molar-refractivity contribution is 0.181. The van der Waals surface area contributed by atoms with Gasteiger partial charge in [-0.3, -0.25) is 0 Å². The SMILES string of the molecule is NC1CCC(Oc2c(F)c(F)c(F)c(F)c2F)C1. The zero-order chi connectivity index (χ0) is 13.4. The number of hydrogen-bond donors (Lipinski definition) is 1. The van der Waals surface area contributed by atoms with Crippen LogP contribution in [-0.2, 0) is 0 Å². The average Bonchev–Trinajstić information content (AvgIpc) is 2.75. The molecule has 0 bridgehead atoms. The van der Waals surface area contributed by atoms with Gasteiger partial charge in [0.15, 0.2) is 5.75 Å². The molecule has 2 atom stereocenters. The van der Waals surface area contributed by atoms with Gasteiger partial charge in [0.1, 0.15) is 6.10 Å². The van der Waals surface area contributed by atoms with Crippen LogP contribution in [-0.4, -0.2) is 12.1 Å². The fourth-order valence-corrected chi connectivity index (χ4v) is 1.94. The standard InChI is InChI=1S/C11H10F5NO/c12-6-7(13)9(15)11(10(16)8(6)14)18-5-2-1-4(17)3-5/h4-5H,1-3,17H2. The number of ether oxygens (including phenoxy) is 1. The predicted octanol–water partition coefficient (Wildman–Crippen LogP) is 2.64. The molecule has 1 aromatic carbocycles. The molecule has 7 heteroatoms. The number of rotatable bonds is 2. The first-order valence-electron chi connectivity index (χ1n) is 5.35. The van der Waals surface area contributed by atoms with Crippen LogP contribution < -0.4 is 10.5 Å². The van der Waals surface area contributed by atoms with Crippen molar-refractivity contribution in [1.29, 1.82) is 0 Å². The molecule has 1 aliphatic rings. The minimum absolute atomic E-state index is 0.184. The normalized spacial score (nSPS) is 23.4. The Morgan fingerprint density at radius 3 is 1.78 bits per heavy atom. The van der Waals surface area contributed by atoms with E-state index in [1.807, 2.05) is 0 Å². The Morgan fingerprint density at radius 2 is 1.33 bits per heavy atom. The Morgan fingerprint density at radius 1 is 0.833 bits per heavy atom. The van der Waals surface area contributed by atoms with Crippen LogP contribution >= 0.6 is 0 Å². The van der Waals surface area contributed by atoms with Crippen LogP contribution in [0.1, 0.15) is 19.3 Å². The maximum atomic E-state index is 13.3. The van der Waals surface area contributed by atoms with Gasteiger partial charge in [-0.15, -0.1) is 0 Å². The zero-order valence-electron chi connectivity index (χ0n) is 9.15. The summed E-state index contributed by atoms with van der Waals surface area (Å²) in [5, 5.41) is 0. The van der Waals surface area contributed by atoms with E-state index in [0.29, 0.717) is 19.3 Å². The largest absolute Gasteiger partial charge is 0.484 e. The third-order valence-electron chi connectivity index (χ3n) is 2.88. The second-order valence-electron chi connectivity index (χ2n) is 4.21. The Hall–Kier alpha value is -1.37. The van der Waals surface area contributed by atoms with Crippen LogP contribution in [0, 0.1) is 29.1 Å². The summed E-state index contributed by atoms with van der Waals surface area (Å²) < 4.78 is 69.9. The fourth-order valence-electron chi connectivity index (χ4n) is 1.94. The summed E-state index contributed by atoms with van der Waals surface area (Å²) in [5.74, 6) is -11.3. The first kappa shape index (κ1) is 13.1. The van der Waals surface area contributed by atoms with E-state index in [2.05, 4.69) is 0 Å². The number of benzene rings is 1. The summed E-state index contributed by atoms with van der Waals surface area (Å²) >= 11 is 0. The topological polar surface area (TPSA) is 35.2 Å². The summed E-state index contributed by atoms with van der Waals surface area (Å²) in [6, 6.07) is -0.184. The predicted molar refractivity (Wildman–Crippen MR) is 52.5 cm³/mol. The smallest absolute Gasteiger partial charge is 0.207 e. The van der Waals surface area contributed by atoms with Crippen LogP contribution in [0.3, 0.4) is 0 Å². The third kappa shape index (κ3) is 2.14. The quantitative estimate of drug-likeness (QED) is 0.508. The van der Waals surface area contributed by atoms with Crippen molar-refractivity contribution in [3.63, 3.8) is 0 Å². The molecule has 0 spiro atoms. The van der Waals surface area contributed by atoms with Crippen molar-refractivity contribution in [2.24, 2.45) is 5.73 Å². The highest BCUT2D eigenvalue weighted by molar-refractivity contribution is 5.30. The molecule has 0 heterocycles. The second kappa shape index (κ2) is 4.72. The van der Waals surface area contributed by atoms with Crippen LogP contribution in [0.4, 0.5) is 22.0 Å². The molecule has 2 rings (SSSR count). The van der Waals surface area contributed by atoms with E-state index in [-0.39, 0.29) is 6.04 Å². The third-order valence-corrected chi connectivity index (χ3v) is 2.88. The van der Waals surface area contributed by atoms with Gasteiger partial charge in [-0.1, -0.05) is 0 Å². The van der Waals surface area contributed by atoms with Gasteiger partial charge in [0.25, 0.3) is 0 Å². The molecule has 0 radical (unpaired) electrons. The highest BCUT2D eigenvalue weighted by atomic mass is 19.2.